The Labute approximate surface area is 138 Å². The zero-order valence-corrected chi connectivity index (χ0v) is 14.5. The van der Waals surface area contributed by atoms with Gasteiger partial charge < -0.3 is 15.2 Å². The highest BCUT2D eigenvalue weighted by atomic mass is 79.9. The number of benzene rings is 2. The summed E-state index contributed by atoms with van der Waals surface area (Å²) in [5.74, 6) is 2.50. The monoisotopic (exact) mass is 367 g/mol. The molecular weight excluding hydrogens is 350 g/mol. The molecule has 0 aliphatic rings. The van der Waals surface area contributed by atoms with Crippen LogP contribution < -0.4 is 15.2 Å². The largest absolute Gasteiger partial charge is 0.497 e. The lowest BCUT2D eigenvalue weighted by molar-refractivity contribution is 0.339. The van der Waals surface area contributed by atoms with Crippen molar-refractivity contribution >= 4 is 33.4 Å². The first-order valence-corrected chi connectivity index (χ1v) is 8.39. The molecule has 2 N–H and O–H groups in total. The molecule has 2 rings (SSSR count). The van der Waals surface area contributed by atoms with Gasteiger partial charge in [0.25, 0.3) is 0 Å². The molecule has 0 bridgehead atoms. The van der Waals surface area contributed by atoms with E-state index < -0.39 is 0 Å². The molecule has 21 heavy (non-hydrogen) atoms. The standard InChI is InChI=1S/C16H18BrNO2S/c1-3-20-13-5-7-15(18)16(9-13)21-10-11-8-12(19-2)4-6-14(11)17/h4-9H,3,10,18H2,1-2H3. The number of halogens is 1. The summed E-state index contributed by atoms with van der Waals surface area (Å²) in [5.41, 5.74) is 7.96. The summed E-state index contributed by atoms with van der Waals surface area (Å²) in [6.07, 6.45) is 0. The van der Waals surface area contributed by atoms with Gasteiger partial charge in [-0.05, 0) is 48.9 Å². The van der Waals surface area contributed by atoms with E-state index >= 15 is 0 Å². The van der Waals surface area contributed by atoms with Crippen LogP contribution in [0.1, 0.15) is 12.5 Å². The molecule has 0 spiro atoms. The van der Waals surface area contributed by atoms with Crippen molar-refractivity contribution in [1.82, 2.24) is 0 Å². The van der Waals surface area contributed by atoms with E-state index in [0.29, 0.717) is 6.61 Å². The Balaban J connectivity index is 2.14. The van der Waals surface area contributed by atoms with Gasteiger partial charge in [-0.1, -0.05) is 15.9 Å². The van der Waals surface area contributed by atoms with E-state index in [9.17, 15) is 0 Å². The maximum absolute atomic E-state index is 6.03. The number of anilines is 1. The predicted molar refractivity (Wildman–Crippen MR) is 92.3 cm³/mol. The number of nitrogen functional groups attached to an aromatic ring is 1. The van der Waals surface area contributed by atoms with Crippen LogP contribution in [0.2, 0.25) is 0 Å². The topological polar surface area (TPSA) is 44.5 Å². The van der Waals surface area contributed by atoms with Crippen LogP contribution in [-0.2, 0) is 5.75 Å². The van der Waals surface area contributed by atoms with Crippen LogP contribution >= 0.6 is 27.7 Å². The summed E-state index contributed by atoms with van der Waals surface area (Å²) in [6, 6.07) is 11.7. The third-order valence-electron chi connectivity index (χ3n) is 2.93. The highest BCUT2D eigenvalue weighted by Crippen LogP contribution is 2.34. The molecule has 0 atom stereocenters. The van der Waals surface area contributed by atoms with Crippen LogP contribution in [0.15, 0.2) is 45.8 Å². The van der Waals surface area contributed by atoms with Crippen molar-refractivity contribution in [2.75, 3.05) is 19.5 Å². The normalized spacial score (nSPS) is 10.4. The molecule has 5 heteroatoms. The van der Waals surface area contributed by atoms with Gasteiger partial charge in [-0.2, -0.15) is 0 Å². The van der Waals surface area contributed by atoms with E-state index in [2.05, 4.69) is 15.9 Å². The van der Waals surface area contributed by atoms with Crippen molar-refractivity contribution in [2.45, 2.75) is 17.6 Å². The molecule has 0 saturated heterocycles. The van der Waals surface area contributed by atoms with Crippen LogP contribution in [0.25, 0.3) is 0 Å². The lowest BCUT2D eigenvalue weighted by Gasteiger charge is -2.10. The Hall–Kier alpha value is -1.33. The number of hydrogen-bond donors (Lipinski definition) is 1. The number of rotatable bonds is 6. The molecule has 0 aromatic heterocycles. The summed E-state index contributed by atoms with van der Waals surface area (Å²) >= 11 is 5.25. The molecule has 0 heterocycles. The first-order valence-electron chi connectivity index (χ1n) is 6.61. The van der Waals surface area contributed by atoms with Crippen molar-refractivity contribution in [3.8, 4) is 11.5 Å². The van der Waals surface area contributed by atoms with E-state index in [1.54, 1.807) is 18.9 Å². The van der Waals surface area contributed by atoms with Gasteiger partial charge >= 0.3 is 0 Å². The van der Waals surface area contributed by atoms with Crippen LogP contribution in [0, 0.1) is 0 Å². The van der Waals surface area contributed by atoms with Crippen LogP contribution in [0.4, 0.5) is 5.69 Å². The minimum atomic E-state index is 0.648. The molecule has 0 aliphatic heterocycles. The second-order valence-electron chi connectivity index (χ2n) is 4.38. The van der Waals surface area contributed by atoms with E-state index in [1.165, 1.54) is 5.56 Å². The summed E-state index contributed by atoms with van der Waals surface area (Å²) in [7, 11) is 1.67. The highest BCUT2D eigenvalue weighted by molar-refractivity contribution is 9.10. The molecule has 0 unspecified atom stereocenters. The molecule has 0 radical (unpaired) electrons. The Bertz CT molecular complexity index is 619. The van der Waals surface area contributed by atoms with Crippen LogP contribution in [-0.4, -0.2) is 13.7 Å². The van der Waals surface area contributed by atoms with E-state index in [0.717, 1.165) is 32.3 Å². The summed E-state index contributed by atoms with van der Waals surface area (Å²) < 4.78 is 11.8. The molecule has 0 fully saturated rings. The fraction of sp³-hybridized carbons (Fsp3) is 0.250. The van der Waals surface area contributed by atoms with Crippen LogP contribution in [0.5, 0.6) is 11.5 Å². The second kappa shape index (κ2) is 7.61. The molecule has 112 valence electrons. The van der Waals surface area contributed by atoms with Gasteiger partial charge in [0.1, 0.15) is 11.5 Å². The smallest absolute Gasteiger partial charge is 0.120 e. The third-order valence-corrected chi connectivity index (χ3v) is 4.83. The van der Waals surface area contributed by atoms with E-state index in [-0.39, 0.29) is 0 Å². The number of hydrogen-bond acceptors (Lipinski definition) is 4. The van der Waals surface area contributed by atoms with Gasteiger partial charge in [-0.15, -0.1) is 11.8 Å². The number of ether oxygens (including phenoxy) is 2. The molecule has 2 aromatic rings. The number of methoxy groups -OCH3 is 1. The first kappa shape index (κ1) is 16.0. The number of nitrogens with two attached hydrogens (primary N) is 1. The first-order chi connectivity index (χ1) is 10.1. The fourth-order valence-electron chi connectivity index (χ4n) is 1.84. The van der Waals surface area contributed by atoms with Gasteiger partial charge in [0, 0.05) is 20.8 Å². The second-order valence-corrected chi connectivity index (χ2v) is 6.25. The van der Waals surface area contributed by atoms with Crippen molar-refractivity contribution in [1.29, 1.82) is 0 Å². The fourth-order valence-corrected chi connectivity index (χ4v) is 3.40. The Morgan fingerprint density at radius 3 is 2.62 bits per heavy atom. The lowest BCUT2D eigenvalue weighted by Crippen LogP contribution is -1.94. The van der Waals surface area contributed by atoms with Crippen molar-refractivity contribution in [3.63, 3.8) is 0 Å². The van der Waals surface area contributed by atoms with Crippen LogP contribution in [0.3, 0.4) is 0 Å². The van der Waals surface area contributed by atoms with Crippen molar-refractivity contribution < 1.29 is 9.47 Å². The van der Waals surface area contributed by atoms with Gasteiger partial charge in [0.05, 0.1) is 13.7 Å². The molecule has 0 aliphatic carbocycles. The third kappa shape index (κ3) is 4.32. The molecule has 3 nitrogen and oxygen atoms in total. The SMILES string of the molecule is CCOc1ccc(N)c(SCc2cc(OC)ccc2Br)c1. The van der Waals surface area contributed by atoms with E-state index in [4.69, 9.17) is 15.2 Å². The minimum absolute atomic E-state index is 0.648. The van der Waals surface area contributed by atoms with Crippen molar-refractivity contribution in [3.05, 3.63) is 46.4 Å². The molecule has 0 saturated carbocycles. The Morgan fingerprint density at radius 2 is 1.90 bits per heavy atom. The van der Waals surface area contributed by atoms with Gasteiger partial charge in [-0.25, -0.2) is 0 Å². The van der Waals surface area contributed by atoms with Gasteiger partial charge in [-0.3, -0.25) is 0 Å². The zero-order valence-electron chi connectivity index (χ0n) is 12.1. The summed E-state index contributed by atoms with van der Waals surface area (Å²) in [4.78, 5) is 1.02. The van der Waals surface area contributed by atoms with Gasteiger partial charge in [0.2, 0.25) is 0 Å². The average molecular weight is 368 g/mol. The minimum Gasteiger partial charge on any atom is -0.497 e. The summed E-state index contributed by atoms with van der Waals surface area (Å²) in [5, 5.41) is 0. The zero-order chi connectivity index (χ0) is 15.2. The van der Waals surface area contributed by atoms with Gasteiger partial charge in [0.15, 0.2) is 0 Å². The molecule has 2 aromatic carbocycles. The quantitative estimate of drug-likeness (QED) is 0.591. The predicted octanol–water partition coefficient (Wildman–Crippen LogP) is 4.73. The number of thioether (sulfide) groups is 1. The highest BCUT2D eigenvalue weighted by Gasteiger charge is 2.07. The summed E-state index contributed by atoms with van der Waals surface area (Å²) in [6.45, 7) is 2.62. The van der Waals surface area contributed by atoms with E-state index in [1.807, 2.05) is 43.3 Å². The Morgan fingerprint density at radius 1 is 1.14 bits per heavy atom. The lowest BCUT2D eigenvalue weighted by atomic mass is 10.2. The maximum atomic E-state index is 6.03. The maximum Gasteiger partial charge on any atom is 0.120 e. The van der Waals surface area contributed by atoms with Crippen molar-refractivity contribution in [2.24, 2.45) is 0 Å². The molecule has 0 amide bonds. The molecular formula is C16H18BrNO2S. The average Bonchev–Trinajstić information content (AvgIpc) is 2.49. The Kier molecular flexibility index (Phi) is 5.82.